The van der Waals surface area contributed by atoms with E-state index in [9.17, 15) is 4.79 Å². The van der Waals surface area contributed by atoms with Crippen LogP contribution in [0, 0.1) is 5.92 Å². The molecule has 3 N–H and O–H groups in total. The van der Waals surface area contributed by atoms with Crippen molar-refractivity contribution in [2.24, 2.45) is 5.92 Å². The lowest BCUT2D eigenvalue weighted by molar-refractivity contribution is -0.126. The van der Waals surface area contributed by atoms with E-state index in [4.69, 9.17) is 10.5 Å². The van der Waals surface area contributed by atoms with E-state index in [1.807, 2.05) is 0 Å². The molecule has 4 unspecified atom stereocenters. The summed E-state index contributed by atoms with van der Waals surface area (Å²) in [7, 11) is 0. The van der Waals surface area contributed by atoms with Gasteiger partial charge in [-0.1, -0.05) is 23.1 Å². The molecule has 7 nitrogen and oxygen atoms in total. The molecular formula is C14H21N5O2S2. The Morgan fingerprint density at radius 2 is 2.26 bits per heavy atom. The molecule has 2 aliphatic heterocycles. The third-order valence-corrected chi connectivity index (χ3v) is 6.87. The largest absolute Gasteiger partial charge is 0.376 e. The molecule has 1 saturated carbocycles. The van der Waals surface area contributed by atoms with Gasteiger partial charge in [-0.05, 0) is 32.4 Å². The van der Waals surface area contributed by atoms with Gasteiger partial charge in [0.25, 0.3) is 0 Å². The van der Waals surface area contributed by atoms with E-state index >= 15 is 0 Å². The number of fused-ring (bicyclic) bond motifs is 1. The number of hydrogen-bond donors (Lipinski definition) is 2. The van der Waals surface area contributed by atoms with E-state index in [0.717, 1.165) is 30.5 Å². The minimum Gasteiger partial charge on any atom is -0.376 e. The summed E-state index contributed by atoms with van der Waals surface area (Å²) in [5.41, 5.74) is 5.55. The molecule has 3 fully saturated rings. The van der Waals surface area contributed by atoms with Crippen LogP contribution in [0.15, 0.2) is 4.34 Å². The van der Waals surface area contributed by atoms with Crippen molar-refractivity contribution < 1.29 is 9.53 Å². The molecule has 4 atom stereocenters. The molecule has 23 heavy (non-hydrogen) atoms. The molecular weight excluding hydrogens is 334 g/mol. The maximum Gasteiger partial charge on any atom is 0.230 e. The highest BCUT2D eigenvalue weighted by atomic mass is 32.2. The number of nitrogens with one attached hydrogen (secondary N) is 1. The number of amides is 1. The number of rotatable bonds is 5. The van der Waals surface area contributed by atoms with Crippen molar-refractivity contribution in [3.8, 4) is 0 Å². The van der Waals surface area contributed by atoms with E-state index in [1.165, 1.54) is 35.9 Å². The van der Waals surface area contributed by atoms with Crippen molar-refractivity contribution in [2.75, 3.05) is 31.2 Å². The van der Waals surface area contributed by atoms with E-state index in [2.05, 4.69) is 20.4 Å². The Kier molecular flexibility index (Phi) is 4.44. The zero-order valence-corrected chi connectivity index (χ0v) is 14.4. The van der Waals surface area contributed by atoms with Crippen molar-refractivity contribution in [1.29, 1.82) is 0 Å². The lowest BCUT2D eigenvalue weighted by Crippen LogP contribution is -2.70. The topological polar surface area (TPSA) is 93.4 Å². The molecule has 1 amide bonds. The van der Waals surface area contributed by atoms with E-state index in [1.54, 1.807) is 0 Å². The first-order valence-corrected chi connectivity index (χ1v) is 9.89. The quantitative estimate of drug-likeness (QED) is 0.746. The summed E-state index contributed by atoms with van der Waals surface area (Å²) in [5.74, 6) is 0.894. The number of ether oxygens (including phenoxy) is 1. The van der Waals surface area contributed by atoms with E-state index in [0.29, 0.717) is 28.9 Å². The highest BCUT2D eigenvalue weighted by molar-refractivity contribution is 8.01. The van der Waals surface area contributed by atoms with Gasteiger partial charge in [0.2, 0.25) is 11.0 Å². The van der Waals surface area contributed by atoms with Crippen LogP contribution in [0.5, 0.6) is 0 Å². The SMILES string of the molecule is Nc1nnc(SCC(=O)NC2C3CCOC3C2N2CCCC2)s1. The number of nitrogens with zero attached hydrogens (tertiary/aromatic N) is 3. The average Bonchev–Trinajstić information content (AvgIpc) is 3.25. The van der Waals surface area contributed by atoms with Crippen LogP contribution in [0.3, 0.4) is 0 Å². The van der Waals surface area contributed by atoms with Crippen molar-refractivity contribution in [3.05, 3.63) is 0 Å². The third-order valence-electron chi connectivity index (χ3n) is 4.99. The van der Waals surface area contributed by atoms with Gasteiger partial charge in [-0.3, -0.25) is 9.69 Å². The van der Waals surface area contributed by atoms with Gasteiger partial charge in [-0.2, -0.15) is 0 Å². The van der Waals surface area contributed by atoms with Gasteiger partial charge in [0.1, 0.15) is 0 Å². The van der Waals surface area contributed by atoms with Gasteiger partial charge in [0.05, 0.1) is 23.9 Å². The smallest absolute Gasteiger partial charge is 0.230 e. The number of hydrogen-bond acceptors (Lipinski definition) is 8. The first-order valence-electron chi connectivity index (χ1n) is 8.09. The zero-order valence-electron chi connectivity index (χ0n) is 12.8. The fraction of sp³-hybridized carbons (Fsp3) is 0.786. The van der Waals surface area contributed by atoms with Crippen LogP contribution in [0.1, 0.15) is 19.3 Å². The van der Waals surface area contributed by atoms with Gasteiger partial charge in [-0.15, -0.1) is 10.2 Å². The number of likely N-dealkylation sites (tertiary alicyclic amines) is 1. The summed E-state index contributed by atoms with van der Waals surface area (Å²) in [5, 5.41) is 11.4. The monoisotopic (exact) mass is 355 g/mol. The van der Waals surface area contributed by atoms with Crippen molar-refractivity contribution in [1.82, 2.24) is 20.4 Å². The van der Waals surface area contributed by atoms with Crippen LogP contribution >= 0.6 is 23.1 Å². The van der Waals surface area contributed by atoms with Gasteiger partial charge >= 0.3 is 0 Å². The summed E-state index contributed by atoms with van der Waals surface area (Å²) in [6.45, 7) is 3.08. The number of nitrogen functional groups attached to an aromatic ring is 1. The number of carbonyl (C=O) groups is 1. The predicted octanol–water partition coefficient (Wildman–Crippen LogP) is 0.580. The summed E-state index contributed by atoms with van der Waals surface area (Å²) >= 11 is 2.71. The Morgan fingerprint density at radius 3 is 3.00 bits per heavy atom. The fourth-order valence-corrected chi connectivity index (χ4v) is 5.42. The van der Waals surface area contributed by atoms with Crippen molar-refractivity contribution in [3.63, 3.8) is 0 Å². The number of nitrogens with two attached hydrogens (primary N) is 1. The van der Waals surface area contributed by atoms with E-state index in [-0.39, 0.29) is 11.9 Å². The van der Waals surface area contributed by atoms with Crippen LogP contribution < -0.4 is 11.1 Å². The Morgan fingerprint density at radius 1 is 1.43 bits per heavy atom. The normalized spacial score (nSPS) is 33.4. The average molecular weight is 355 g/mol. The molecule has 1 aromatic heterocycles. The Labute approximate surface area is 143 Å². The lowest BCUT2D eigenvalue weighted by Gasteiger charge is -2.51. The molecule has 0 bridgehead atoms. The summed E-state index contributed by atoms with van der Waals surface area (Å²) in [4.78, 5) is 14.8. The lowest BCUT2D eigenvalue weighted by atomic mass is 9.70. The molecule has 1 aromatic rings. The Balaban J connectivity index is 1.33. The number of anilines is 1. The van der Waals surface area contributed by atoms with Crippen LogP contribution in [-0.2, 0) is 9.53 Å². The molecule has 126 valence electrons. The second-order valence-electron chi connectivity index (χ2n) is 6.31. The first kappa shape index (κ1) is 15.6. The second-order valence-corrected chi connectivity index (χ2v) is 8.54. The van der Waals surface area contributed by atoms with Crippen molar-refractivity contribution in [2.45, 2.75) is 41.8 Å². The molecule has 1 aliphatic carbocycles. The fourth-order valence-electron chi connectivity index (χ4n) is 3.98. The molecule has 9 heteroatoms. The molecule has 0 radical (unpaired) electrons. The van der Waals surface area contributed by atoms with Crippen LogP contribution in [0.25, 0.3) is 0 Å². The van der Waals surface area contributed by atoms with Gasteiger partial charge in [0.15, 0.2) is 4.34 Å². The Hall–Kier alpha value is -0.900. The minimum absolute atomic E-state index is 0.0586. The summed E-state index contributed by atoms with van der Waals surface area (Å²) < 4.78 is 6.63. The zero-order chi connectivity index (χ0) is 15.8. The third kappa shape index (κ3) is 3.07. The molecule has 0 spiro atoms. The maximum absolute atomic E-state index is 12.3. The maximum atomic E-state index is 12.3. The second kappa shape index (κ2) is 6.54. The molecule has 3 heterocycles. The van der Waals surface area contributed by atoms with Crippen LogP contribution in [0.2, 0.25) is 0 Å². The van der Waals surface area contributed by atoms with Crippen LogP contribution in [0.4, 0.5) is 5.13 Å². The minimum atomic E-state index is 0.0586. The predicted molar refractivity (Wildman–Crippen MR) is 89.4 cm³/mol. The van der Waals surface area contributed by atoms with Crippen LogP contribution in [-0.4, -0.2) is 64.6 Å². The van der Waals surface area contributed by atoms with Crippen molar-refractivity contribution >= 4 is 34.1 Å². The van der Waals surface area contributed by atoms with Gasteiger partial charge < -0.3 is 15.8 Å². The molecule has 4 rings (SSSR count). The highest BCUT2D eigenvalue weighted by Gasteiger charge is 2.56. The van der Waals surface area contributed by atoms with Gasteiger partial charge in [0, 0.05) is 12.5 Å². The summed E-state index contributed by atoms with van der Waals surface area (Å²) in [6, 6.07) is 0.587. The standard InChI is InChI=1S/C14H21N5O2S2/c15-13-17-18-14(23-13)22-7-9(20)16-10-8-3-6-21-12(8)11(10)19-4-1-2-5-19/h8,10-12H,1-7H2,(H2,15,17)(H,16,20). The molecule has 2 saturated heterocycles. The Bertz CT molecular complexity index is 573. The molecule has 0 aromatic carbocycles. The number of carbonyl (C=O) groups excluding carboxylic acids is 1. The van der Waals surface area contributed by atoms with Gasteiger partial charge in [-0.25, -0.2) is 0 Å². The summed E-state index contributed by atoms with van der Waals surface area (Å²) in [6.07, 6.45) is 3.88. The number of aromatic nitrogens is 2. The van der Waals surface area contributed by atoms with E-state index < -0.39 is 0 Å². The first-order chi connectivity index (χ1) is 11.2. The number of thioether (sulfide) groups is 1. The molecule has 3 aliphatic rings. The highest BCUT2D eigenvalue weighted by Crippen LogP contribution is 2.42.